The van der Waals surface area contributed by atoms with Crippen molar-refractivity contribution in [3.8, 4) is 0 Å². The molecule has 112 valence electrons. The topological polar surface area (TPSA) is 109 Å². The Kier molecular flexibility index (Phi) is 4.61. The first kappa shape index (κ1) is 15.2. The van der Waals surface area contributed by atoms with Crippen molar-refractivity contribution in [3.63, 3.8) is 0 Å². The Hall–Kier alpha value is -1.19. The lowest BCUT2D eigenvalue weighted by Crippen LogP contribution is -2.43. The van der Waals surface area contributed by atoms with Crippen molar-refractivity contribution < 1.29 is 13.6 Å². The van der Waals surface area contributed by atoms with Gasteiger partial charge in [0.2, 0.25) is 0 Å². The summed E-state index contributed by atoms with van der Waals surface area (Å²) in [6, 6.07) is -0.0947. The maximum atomic E-state index is 12.7. The summed E-state index contributed by atoms with van der Waals surface area (Å²) in [5, 5.41) is 12.3. The molecule has 1 heterocycles. The predicted octanol–water partition coefficient (Wildman–Crippen LogP) is 1.13. The monoisotopic (exact) mass is 318 g/mol. The first-order valence-corrected chi connectivity index (χ1v) is 8.61. The van der Waals surface area contributed by atoms with Crippen LogP contribution in [0, 0.1) is 6.92 Å². The van der Waals surface area contributed by atoms with Gasteiger partial charge in [0.05, 0.1) is 17.7 Å². The van der Waals surface area contributed by atoms with E-state index in [-0.39, 0.29) is 22.6 Å². The van der Waals surface area contributed by atoms with Gasteiger partial charge in [-0.15, -0.1) is 11.3 Å². The van der Waals surface area contributed by atoms with E-state index >= 15 is 0 Å². The van der Waals surface area contributed by atoms with Gasteiger partial charge in [0.25, 0.3) is 10.0 Å². The highest BCUT2D eigenvalue weighted by Gasteiger charge is 2.35. The van der Waals surface area contributed by atoms with Gasteiger partial charge < -0.3 is 10.9 Å². The molecule has 0 unspecified atom stereocenters. The number of nitrogens with zero attached hydrogens (tertiary/aromatic N) is 3. The zero-order valence-corrected chi connectivity index (χ0v) is 12.8. The van der Waals surface area contributed by atoms with Gasteiger partial charge in [0, 0.05) is 6.04 Å². The lowest BCUT2D eigenvalue weighted by atomic mass is 10.2. The van der Waals surface area contributed by atoms with E-state index in [0.29, 0.717) is 5.01 Å². The van der Waals surface area contributed by atoms with Crippen molar-refractivity contribution in [2.45, 2.75) is 42.9 Å². The molecule has 1 saturated carbocycles. The molecule has 7 nitrogen and oxygen atoms in total. The Morgan fingerprint density at radius 3 is 2.75 bits per heavy atom. The van der Waals surface area contributed by atoms with Crippen LogP contribution in [0.25, 0.3) is 0 Å². The zero-order chi connectivity index (χ0) is 14.8. The zero-order valence-electron chi connectivity index (χ0n) is 11.2. The van der Waals surface area contributed by atoms with Crippen LogP contribution in [-0.4, -0.2) is 41.3 Å². The predicted molar refractivity (Wildman–Crippen MR) is 76.4 cm³/mol. The van der Waals surface area contributed by atoms with Gasteiger partial charge in [-0.3, -0.25) is 0 Å². The summed E-state index contributed by atoms with van der Waals surface area (Å²) >= 11 is 1.13. The van der Waals surface area contributed by atoms with Gasteiger partial charge in [-0.05, 0) is 19.8 Å². The molecule has 1 aliphatic rings. The summed E-state index contributed by atoms with van der Waals surface area (Å²) in [6.45, 7) is 1.66. The van der Waals surface area contributed by atoms with E-state index < -0.39 is 10.0 Å². The second-order valence-electron chi connectivity index (χ2n) is 4.78. The molecule has 0 aromatic carbocycles. The Balaban J connectivity index is 2.34. The summed E-state index contributed by atoms with van der Waals surface area (Å²) in [6.07, 6.45) is 4.96. The van der Waals surface area contributed by atoms with E-state index in [9.17, 15) is 8.42 Å². The smallest absolute Gasteiger partial charge is 0.254 e. The molecule has 3 N–H and O–H groups in total. The average Bonchev–Trinajstić information content (AvgIpc) is 3.06. The van der Waals surface area contributed by atoms with Crippen LogP contribution in [0.2, 0.25) is 0 Å². The molecule has 0 spiro atoms. The van der Waals surface area contributed by atoms with E-state index in [1.165, 1.54) is 10.5 Å². The first-order valence-electron chi connectivity index (χ1n) is 6.36. The standard InChI is InChI=1S/C11H18N4O3S2/c1-8-13-6-11(19-8)20(17,18)15(7-10(12)14-16)9-4-2-3-5-9/h6,9,16H,2-5,7H2,1H3,(H2,12,14). The lowest BCUT2D eigenvalue weighted by molar-refractivity contribution is 0.308. The number of nitrogens with two attached hydrogens (primary N) is 1. The molecule has 1 fully saturated rings. The van der Waals surface area contributed by atoms with Crippen LogP contribution >= 0.6 is 11.3 Å². The van der Waals surface area contributed by atoms with Gasteiger partial charge in [0.15, 0.2) is 10.0 Å². The van der Waals surface area contributed by atoms with Crippen LogP contribution in [0.4, 0.5) is 0 Å². The number of thiazole rings is 1. The fraction of sp³-hybridized carbons (Fsp3) is 0.636. The molecule has 2 rings (SSSR count). The summed E-state index contributed by atoms with van der Waals surface area (Å²) in [5.74, 6) is -0.110. The molecule has 1 aromatic heterocycles. The second-order valence-corrected chi connectivity index (χ2v) is 8.13. The molecular formula is C11H18N4O3S2. The number of aryl methyl sites for hydroxylation is 1. The Morgan fingerprint density at radius 2 is 2.25 bits per heavy atom. The molecule has 9 heteroatoms. The Bertz CT molecular complexity index is 591. The molecule has 0 radical (unpaired) electrons. The number of amidine groups is 1. The third-order valence-corrected chi connectivity index (χ3v) is 6.59. The first-order chi connectivity index (χ1) is 9.45. The van der Waals surface area contributed by atoms with Crippen LogP contribution in [0.5, 0.6) is 0 Å². The number of hydrogen-bond acceptors (Lipinski definition) is 6. The molecule has 1 aromatic rings. The Labute approximate surface area is 122 Å². The van der Waals surface area contributed by atoms with Gasteiger partial charge in [0.1, 0.15) is 0 Å². The number of hydrogen-bond donors (Lipinski definition) is 2. The van der Waals surface area contributed by atoms with Crippen LogP contribution in [0.1, 0.15) is 30.7 Å². The summed E-state index contributed by atoms with van der Waals surface area (Å²) in [4.78, 5) is 3.99. The molecule has 0 aliphatic heterocycles. The molecule has 1 aliphatic carbocycles. The fourth-order valence-corrected chi connectivity index (χ4v) is 5.27. The minimum absolute atomic E-state index is 0.0947. The van der Waals surface area contributed by atoms with Crippen molar-refractivity contribution >= 4 is 27.2 Å². The normalized spacial score (nSPS) is 18.0. The molecular weight excluding hydrogens is 300 g/mol. The molecule has 0 bridgehead atoms. The van der Waals surface area contributed by atoms with E-state index in [2.05, 4.69) is 10.1 Å². The maximum Gasteiger partial charge on any atom is 0.254 e. The number of aromatic nitrogens is 1. The minimum Gasteiger partial charge on any atom is -0.409 e. The van der Waals surface area contributed by atoms with Gasteiger partial charge in [-0.25, -0.2) is 13.4 Å². The Morgan fingerprint density at radius 1 is 1.60 bits per heavy atom. The minimum atomic E-state index is -3.65. The van der Waals surface area contributed by atoms with Crippen LogP contribution < -0.4 is 5.73 Å². The SMILES string of the molecule is Cc1ncc(S(=O)(=O)N(C/C(N)=N/O)C2CCCC2)s1. The van der Waals surface area contributed by atoms with Crippen LogP contribution in [0.15, 0.2) is 15.6 Å². The van der Waals surface area contributed by atoms with Gasteiger partial charge in [-0.1, -0.05) is 18.0 Å². The highest BCUT2D eigenvalue weighted by Crippen LogP contribution is 2.30. The molecule has 0 atom stereocenters. The van der Waals surface area contributed by atoms with Gasteiger partial charge >= 0.3 is 0 Å². The van der Waals surface area contributed by atoms with Crippen molar-refractivity contribution in [2.24, 2.45) is 10.9 Å². The fourth-order valence-electron chi connectivity index (χ4n) is 2.37. The number of oxime groups is 1. The molecule has 0 saturated heterocycles. The van der Waals surface area contributed by atoms with E-state index in [1.807, 2.05) is 0 Å². The highest BCUT2D eigenvalue weighted by molar-refractivity contribution is 7.91. The van der Waals surface area contributed by atoms with Crippen molar-refractivity contribution in [3.05, 3.63) is 11.2 Å². The third kappa shape index (κ3) is 3.10. The maximum absolute atomic E-state index is 12.7. The van der Waals surface area contributed by atoms with Crippen LogP contribution in [-0.2, 0) is 10.0 Å². The van der Waals surface area contributed by atoms with Crippen LogP contribution in [0.3, 0.4) is 0 Å². The lowest BCUT2D eigenvalue weighted by Gasteiger charge is -2.26. The number of rotatable bonds is 5. The van der Waals surface area contributed by atoms with Crippen molar-refractivity contribution in [1.29, 1.82) is 0 Å². The summed E-state index contributed by atoms with van der Waals surface area (Å²) in [7, 11) is -3.65. The van der Waals surface area contributed by atoms with E-state index in [1.54, 1.807) is 6.92 Å². The quantitative estimate of drug-likeness (QED) is 0.366. The van der Waals surface area contributed by atoms with Crippen molar-refractivity contribution in [1.82, 2.24) is 9.29 Å². The second kappa shape index (κ2) is 6.06. The largest absolute Gasteiger partial charge is 0.409 e. The third-order valence-electron chi connectivity index (χ3n) is 3.34. The molecule has 0 amide bonds. The summed E-state index contributed by atoms with van der Waals surface area (Å²) in [5.41, 5.74) is 5.50. The summed E-state index contributed by atoms with van der Waals surface area (Å²) < 4.78 is 26.9. The number of sulfonamides is 1. The van der Waals surface area contributed by atoms with Crippen molar-refractivity contribution in [2.75, 3.05) is 6.54 Å². The average molecular weight is 318 g/mol. The highest BCUT2D eigenvalue weighted by atomic mass is 32.2. The molecule has 20 heavy (non-hydrogen) atoms. The van der Waals surface area contributed by atoms with E-state index in [0.717, 1.165) is 37.0 Å². The van der Waals surface area contributed by atoms with E-state index in [4.69, 9.17) is 10.9 Å². The van der Waals surface area contributed by atoms with Gasteiger partial charge in [-0.2, -0.15) is 4.31 Å².